The highest BCUT2D eigenvalue weighted by molar-refractivity contribution is 5.76. The second-order valence-corrected chi connectivity index (χ2v) is 3.76. The normalized spacial score (nSPS) is 11.9. The van der Waals surface area contributed by atoms with Gasteiger partial charge in [0.1, 0.15) is 5.75 Å². The summed E-state index contributed by atoms with van der Waals surface area (Å²) >= 11 is 0. The third kappa shape index (κ3) is 3.26. The van der Waals surface area contributed by atoms with Crippen LogP contribution >= 0.6 is 0 Å². The topological polar surface area (TPSA) is 38.3 Å². The van der Waals surface area contributed by atoms with Crippen LogP contribution in [0.5, 0.6) is 5.75 Å². The van der Waals surface area contributed by atoms with Gasteiger partial charge in [0.15, 0.2) is 0 Å². The summed E-state index contributed by atoms with van der Waals surface area (Å²) in [4.78, 5) is 11.4. The second kappa shape index (κ2) is 6.16. The predicted octanol–water partition coefficient (Wildman–Crippen LogP) is 2.32. The molecule has 3 nitrogen and oxygen atoms in total. The molecule has 0 fully saturated rings. The van der Waals surface area contributed by atoms with Crippen molar-refractivity contribution in [1.29, 1.82) is 0 Å². The quantitative estimate of drug-likeness (QED) is 0.828. The summed E-state index contributed by atoms with van der Waals surface area (Å²) < 4.78 is 5.18. The first-order valence-corrected chi connectivity index (χ1v) is 5.55. The average molecular weight is 221 g/mol. The number of carbonyl (C=O) groups excluding carboxylic acids is 1. The van der Waals surface area contributed by atoms with Gasteiger partial charge < -0.3 is 10.1 Å². The molecule has 0 spiro atoms. The van der Waals surface area contributed by atoms with E-state index in [0.29, 0.717) is 6.42 Å². The molecule has 16 heavy (non-hydrogen) atoms. The first-order valence-electron chi connectivity index (χ1n) is 5.55. The maximum Gasteiger partial charge on any atom is 0.220 e. The molecule has 0 aromatic heterocycles. The van der Waals surface area contributed by atoms with Crippen molar-refractivity contribution in [1.82, 2.24) is 5.32 Å². The number of nitrogens with one attached hydrogen (secondary N) is 1. The van der Waals surface area contributed by atoms with Crippen molar-refractivity contribution in [3.8, 4) is 5.75 Å². The zero-order chi connectivity index (χ0) is 12.0. The van der Waals surface area contributed by atoms with Crippen LogP contribution in [0.2, 0.25) is 0 Å². The first-order chi connectivity index (χ1) is 7.71. The van der Waals surface area contributed by atoms with Crippen LogP contribution in [0.3, 0.4) is 0 Å². The minimum Gasteiger partial charge on any atom is -0.497 e. The van der Waals surface area contributed by atoms with Crippen LogP contribution in [-0.2, 0) is 4.79 Å². The zero-order valence-corrected chi connectivity index (χ0v) is 10.1. The molecule has 1 aromatic rings. The second-order valence-electron chi connectivity index (χ2n) is 3.76. The maximum absolute atomic E-state index is 11.4. The summed E-state index contributed by atoms with van der Waals surface area (Å²) in [7, 11) is 3.32. The van der Waals surface area contributed by atoms with Gasteiger partial charge in [0.05, 0.1) is 7.11 Å². The SMILES string of the molecule is CCC(CC(=O)NC)c1cccc(OC)c1. The number of hydrogen-bond acceptors (Lipinski definition) is 2. The molecule has 1 atom stereocenters. The van der Waals surface area contributed by atoms with Crippen molar-refractivity contribution in [2.75, 3.05) is 14.2 Å². The van der Waals surface area contributed by atoms with Gasteiger partial charge in [-0.2, -0.15) is 0 Å². The largest absolute Gasteiger partial charge is 0.497 e. The number of amides is 1. The van der Waals surface area contributed by atoms with Crippen LogP contribution in [0.15, 0.2) is 24.3 Å². The molecule has 0 heterocycles. The molecule has 1 aromatic carbocycles. The van der Waals surface area contributed by atoms with E-state index in [1.54, 1.807) is 14.2 Å². The lowest BCUT2D eigenvalue weighted by Gasteiger charge is -2.15. The molecule has 0 saturated carbocycles. The lowest BCUT2D eigenvalue weighted by Crippen LogP contribution is -2.20. The minimum atomic E-state index is 0.0784. The molecule has 0 aliphatic rings. The Bertz CT molecular complexity index is 350. The lowest BCUT2D eigenvalue weighted by atomic mass is 9.93. The van der Waals surface area contributed by atoms with Gasteiger partial charge in [0, 0.05) is 13.5 Å². The van der Waals surface area contributed by atoms with E-state index in [4.69, 9.17) is 4.74 Å². The monoisotopic (exact) mass is 221 g/mol. The molecule has 0 radical (unpaired) electrons. The third-order valence-corrected chi connectivity index (χ3v) is 2.77. The van der Waals surface area contributed by atoms with Crippen LogP contribution in [0.1, 0.15) is 31.2 Å². The van der Waals surface area contributed by atoms with Crippen molar-refractivity contribution in [2.24, 2.45) is 0 Å². The molecule has 1 rings (SSSR count). The van der Waals surface area contributed by atoms with E-state index in [-0.39, 0.29) is 11.8 Å². The number of rotatable bonds is 5. The molecule has 0 bridgehead atoms. The van der Waals surface area contributed by atoms with Crippen LogP contribution in [0.25, 0.3) is 0 Å². The van der Waals surface area contributed by atoms with Gasteiger partial charge in [-0.25, -0.2) is 0 Å². The van der Waals surface area contributed by atoms with E-state index in [0.717, 1.165) is 17.7 Å². The molecule has 3 heteroatoms. The van der Waals surface area contributed by atoms with Crippen LogP contribution < -0.4 is 10.1 Å². The molecule has 0 saturated heterocycles. The average Bonchev–Trinajstić information content (AvgIpc) is 2.35. The van der Waals surface area contributed by atoms with Crippen LogP contribution in [0, 0.1) is 0 Å². The zero-order valence-electron chi connectivity index (χ0n) is 10.1. The molecule has 0 aliphatic heterocycles. The summed E-state index contributed by atoms with van der Waals surface area (Å²) in [5.74, 6) is 1.18. The Morgan fingerprint density at radius 1 is 1.50 bits per heavy atom. The fourth-order valence-corrected chi connectivity index (χ4v) is 1.72. The third-order valence-electron chi connectivity index (χ3n) is 2.77. The number of hydrogen-bond donors (Lipinski definition) is 1. The number of carbonyl (C=O) groups is 1. The Kier molecular flexibility index (Phi) is 4.83. The first kappa shape index (κ1) is 12.6. The fourth-order valence-electron chi connectivity index (χ4n) is 1.72. The van der Waals surface area contributed by atoms with Crippen molar-refractivity contribution in [3.05, 3.63) is 29.8 Å². The fraction of sp³-hybridized carbons (Fsp3) is 0.462. The smallest absolute Gasteiger partial charge is 0.220 e. The van der Waals surface area contributed by atoms with Gasteiger partial charge in [0.2, 0.25) is 5.91 Å². The van der Waals surface area contributed by atoms with E-state index >= 15 is 0 Å². The number of benzene rings is 1. The Morgan fingerprint density at radius 3 is 2.81 bits per heavy atom. The van der Waals surface area contributed by atoms with E-state index in [2.05, 4.69) is 12.2 Å². The van der Waals surface area contributed by atoms with E-state index in [9.17, 15) is 4.79 Å². The molecule has 88 valence electrons. The van der Waals surface area contributed by atoms with E-state index in [1.807, 2.05) is 24.3 Å². The molecular weight excluding hydrogens is 202 g/mol. The summed E-state index contributed by atoms with van der Waals surface area (Å²) in [6.45, 7) is 2.09. The highest BCUT2D eigenvalue weighted by Crippen LogP contribution is 2.26. The summed E-state index contributed by atoms with van der Waals surface area (Å²) in [6.07, 6.45) is 1.47. The van der Waals surface area contributed by atoms with Crippen molar-refractivity contribution >= 4 is 5.91 Å². The summed E-state index contributed by atoms with van der Waals surface area (Å²) in [5, 5.41) is 2.66. The van der Waals surface area contributed by atoms with E-state index < -0.39 is 0 Å². The Labute approximate surface area is 96.8 Å². The summed E-state index contributed by atoms with van der Waals surface area (Å²) in [6, 6.07) is 7.91. The van der Waals surface area contributed by atoms with E-state index in [1.165, 1.54) is 0 Å². The highest BCUT2D eigenvalue weighted by Gasteiger charge is 2.13. The van der Waals surface area contributed by atoms with Gasteiger partial charge in [-0.3, -0.25) is 4.79 Å². The molecule has 0 aliphatic carbocycles. The van der Waals surface area contributed by atoms with Crippen molar-refractivity contribution < 1.29 is 9.53 Å². The number of ether oxygens (including phenoxy) is 1. The highest BCUT2D eigenvalue weighted by atomic mass is 16.5. The van der Waals surface area contributed by atoms with Crippen LogP contribution in [-0.4, -0.2) is 20.1 Å². The minimum absolute atomic E-state index is 0.0784. The van der Waals surface area contributed by atoms with Gasteiger partial charge in [-0.05, 0) is 30.0 Å². The van der Waals surface area contributed by atoms with Gasteiger partial charge in [0.25, 0.3) is 0 Å². The Hall–Kier alpha value is -1.51. The predicted molar refractivity (Wildman–Crippen MR) is 64.7 cm³/mol. The standard InChI is InChI=1S/C13H19NO2/c1-4-10(9-13(15)14-2)11-6-5-7-12(8-11)16-3/h5-8,10H,4,9H2,1-3H3,(H,14,15). The Morgan fingerprint density at radius 2 is 2.25 bits per heavy atom. The molecular formula is C13H19NO2. The van der Waals surface area contributed by atoms with Gasteiger partial charge in [-0.15, -0.1) is 0 Å². The molecule has 1 amide bonds. The van der Waals surface area contributed by atoms with Crippen molar-refractivity contribution in [2.45, 2.75) is 25.7 Å². The lowest BCUT2D eigenvalue weighted by molar-refractivity contribution is -0.121. The molecule has 1 N–H and O–H groups in total. The summed E-state index contributed by atoms with van der Waals surface area (Å²) in [5.41, 5.74) is 1.16. The number of methoxy groups -OCH3 is 1. The molecule has 1 unspecified atom stereocenters. The van der Waals surface area contributed by atoms with Gasteiger partial charge in [-0.1, -0.05) is 19.1 Å². The van der Waals surface area contributed by atoms with Gasteiger partial charge >= 0.3 is 0 Å². The Balaban J connectivity index is 2.81. The van der Waals surface area contributed by atoms with Crippen molar-refractivity contribution in [3.63, 3.8) is 0 Å². The van der Waals surface area contributed by atoms with Crippen LogP contribution in [0.4, 0.5) is 0 Å². The maximum atomic E-state index is 11.4.